The Morgan fingerprint density at radius 3 is 2.67 bits per heavy atom. The van der Waals surface area contributed by atoms with Gasteiger partial charge in [-0.05, 0) is 13.6 Å². The van der Waals surface area contributed by atoms with E-state index in [1.807, 2.05) is 0 Å². The third kappa shape index (κ3) is 2.87. The quantitative estimate of drug-likeness (QED) is 0.342. The van der Waals surface area contributed by atoms with E-state index in [9.17, 15) is 0 Å². The maximum atomic E-state index is 8.89. The first-order valence-corrected chi connectivity index (χ1v) is 2.62. The van der Waals surface area contributed by atoms with Crippen LogP contribution >= 0.6 is 0 Å². The SMILES string of the molecule is C=COC(O)C(C)N=C. The predicted octanol–water partition coefficient (Wildman–Crippen LogP) is 0.554. The molecule has 0 aliphatic heterocycles. The first-order valence-electron chi connectivity index (χ1n) is 2.62. The first kappa shape index (κ1) is 8.17. The molecule has 0 bridgehead atoms. The lowest BCUT2D eigenvalue weighted by molar-refractivity contribution is -0.0630. The Bertz CT molecular complexity index is 103. The molecule has 3 nitrogen and oxygen atoms in total. The van der Waals surface area contributed by atoms with Crippen LogP contribution in [0.2, 0.25) is 0 Å². The Morgan fingerprint density at radius 2 is 2.33 bits per heavy atom. The summed E-state index contributed by atoms with van der Waals surface area (Å²) in [6.07, 6.45) is 0.256. The predicted molar refractivity (Wildman–Crippen MR) is 36.3 cm³/mol. The fourth-order valence-electron chi connectivity index (χ4n) is 0.302. The molecule has 0 heterocycles. The zero-order valence-corrected chi connectivity index (χ0v) is 5.45. The molecule has 0 saturated carbocycles. The Kier molecular flexibility index (Phi) is 3.71. The number of aliphatic imine (C=N–C) groups is 1. The lowest BCUT2D eigenvalue weighted by Crippen LogP contribution is -2.21. The highest BCUT2D eigenvalue weighted by Gasteiger charge is 2.09. The second-order valence-corrected chi connectivity index (χ2v) is 1.62. The minimum atomic E-state index is -0.917. The second kappa shape index (κ2) is 4.09. The number of rotatable bonds is 4. The van der Waals surface area contributed by atoms with Crippen LogP contribution in [0, 0.1) is 0 Å². The van der Waals surface area contributed by atoms with Gasteiger partial charge in [-0.1, -0.05) is 6.58 Å². The van der Waals surface area contributed by atoms with E-state index in [0.29, 0.717) is 0 Å². The minimum absolute atomic E-state index is 0.303. The van der Waals surface area contributed by atoms with Gasteiger partial charge in [0.1, 0.15) is 6.04 Å². The summed E-state index contributed by atoms with van der Waals surface area (Å²) in [6, 6.07) is -0.303. The van der Waals surface area contributed by atoms with Gasteiger partial charge in [-0.15, -0.1) is 0 Å². The fourth-order valence-corrected chi connectivity index (χ4v) is 0.302. The summed E-state index contributed by atoms with van der Waals surface area (Å²) in [6.45, 7) is 8.21. The van der Waals surface area contributed by atoms with Crippen LogP contribution in [-0.2, 0) is 4.74 Å². The van der Waals surface area contributed by atoms with E-state index in [4.69, 9.17) is 5.11 Å². The second-order valence-electron chi connectivity index (χ2n) is 1.62. The highest BCUT2D eigenvalue weighted by atomic mass is 16.6. The number of hydrogen-bond acceptors (Lipinski definition) is 3. The summed E-state index contributed by atoms with van der Waals surface area (Å²) in [5, 5.41) is 8.89. The molecule has 0 aromatic heterocycles. The van der Waals surface area contributed by atoms with Crippen LogP contribution in [0.1, 0.15) is 6.92 Å². The van der Waals surface area contributed by atoms with Crippen molar-refractivity contribution in [1.29, 1.82) is 0 Å². The van der Waals surface area contributed by atoms with E-state index >= 15 is 0 Å². The van der Waals surface area contributed by atoms with E-state index in [-0.39, 0.29) is 6.04 Å². The topological polar surface area (TPSA) is 41.8 Å². The smallest absolute Gasteiger partial charge is 0.218 e. The van der Waals surface area contributed by atoms with Gasteiger partial charge in [-0.3, -0.25) is 4.99 Å². The summed E-state index contributed by atoms with van der Waals surface area (Å²) >= 11 is 0. The van der Waals surface area contributed by atoms with Crippen LogP contribution in [0.4, 0.5) is 0 Å². The average molecular weight is 129 g/mol. The molecular weight excluding hydrogens is 118 g/mol. The molecule has 0 spiro atoms. The first-order chi connectivity index (χ1) is 4.22. The molecular formula is C6H11NO2. The van der Waals surface area contributed by atoms with Gasteiger partial charge < -0.3 is 9.84 Å². The standard InChI is InChI=1S/C6H11NO2/c1-4-9-6(8)5(2)7-3/h4-6,8H,1,3H2,2H3. The molecule has 0 aromatic carbocycles. The highest BCUT2D eigenvalue weighted by Crippen LogP contribution is 1.97. The van der Waals surface area contributed by atoms with E-state index in [1.54, 1.807) is 6.92 Å². The molecule has 0 aliphatic carbocycles. The van der Waals surface area contributed by atoms with Gasteiger partial charge in [0.15, 0.2) is 0 Å². The normalized spacial score (nSPS) is 15.8. The van der Waals surface area contributed by atoms with Gasteiger partial charge in [0.25, 0.3) is 0 Å². The zero-order valence-electron chi connectivity index (χ0n) is 5.45. The summed E-state index contributed by atoms with van der Waals surface area (Å²) < 4.78 is 4.58. The van der Waals surface area contributed by atoms with Crippen LogP contribution in [0.25, 0.3) is 0 Å². The molecule has 3 heteroatoms. The van der Waals surface area contributed by atoms with Crippen molar-refractivity contribution in [2.24, 2.45) is 4.99 Å². The van der Waals surface area contributed by atoms with Gasteiger partial charge >= 0.3 is 0 Å². The van der Waals surface area contributed by atoms with Crippen LogP contribution in [0.3, 0.4) is 0 Å². The van der Waals surface area contributed by atoms with Crippen molar-refractivity contribution in [3.63, 3.8) is 0 Å². The van der Waals surface area contributed by atoms with Crippen LogP contribution < -0.4 is 0 Å². The molecule has 0 fully saturated rings. The molecule has 0 rings (SSSR count). The Balaban J connectivity index is 3.56. The lowest BCUT2D eigenvalue weighted by atomic mass is 10.3. The van der Waals surface area contributed by atoms with Crippen molar-refractivity contribution in [1.82, 2.24) is 0 Å². The summed E-state index contributed by atoms with van der Waals surface area (Å²) in [4.78, 5) is 3.53. The monoisotopic (exact) mass is 129 g/mol. The lowest BCUT2D eigenvalue weighted by Gasteiger charge is -2.12. The summed E-state index contributed by atoms with van der Waals surface area (Å²) in [5.41, 5.74) is 0. The molecule has 2 unspecified atom stereocenters. The third-order valence-corrected chi connectivity index (χ3v) is 0.936. The number of aliphatic hydroxyl groups is 1. The van der Waals surface area contributed by atoms with Crippen molar-refractivity contribution in [3.8, 4) is 0 Å². The van der Waals surface area contributed by atoms with Crippen molar-refractivity contribution >= 4 is 6.72 Å². The Morgan fingerprint density at radius 1 is 1.78 bits per heavy atom. The number of aliphatic hydroxyl groups excluding tert-OH is 1. The summed E-state index contributed by atoms with van der Waals surface area (Å²) in [7, 11) is 0. The molecule has 9 heavy (non-hydrogen) atoms. The maximum Gasteiger partial charge on any atom is 0.218 e. The molecule has 0 amide bonds. The number of ether oxygens (including phenoxy) is 1. The molecule has 52 valence electrons. The molecule has 0 radical (unpaired) electrons. The maximum absolute atomic E-state index is 8.89. The van der Waals surface area contributed by atoms with E-state index in [0.717, 1.165) is 0 Å². The largest absolute Gasteiger partial charge is 0.471 e. The third-order valence-electron chi connectivity index (χ3n) is 0.936. The van der Waals surface area contributed by atoms with Crippen LogP contribution in [0.5, 0.6) is 0 Å². The molecule has 0 saturated heterocycles. The average Bonchev–Trinajstić information content (AvgIpc) is 1.87. The molecule has 1 N–H and O–H groups in total. The van der Waals surface area contributed by atoms with Crippen LogP contribution in [-0.4, -0.2) is 24.2 Å². The van der Waals surface area contributed by atoms with Crippen LogP contribution in [0.15, 0.2) is 17.8 Å². The zero-order chi connectivity index (χ0) is 7.28. The van der Waals surface area contributed by atoms with Gasteiger partial charge in [0, 0.05) is 0 Å². The van der Waals surface area contributed by atoms with E-state index in [2.05, 4.69) is 23.0 Å². The number of nitrogens with zero attached hydrogens (tertiary/aromatic N) is 1. The molecule has 2 atom stereocenters. The van der Waals surface area contributed by atoms with E-state index < -0.39 is 6.29 Å². The van der Waals surface area contributed by atoms with Gasteiger partial charge in [0.05, 0.1) is 6.26 Å². The molecule has 0 aliphatic rings. The molecule has 0 aromatic rings. The minimum Gasteiger partial charge on any atom is -0.471 e. The van der Waals surface area contributed by atoms with Gasteiger partial charge in [-0.2, -0.15) is 0 Å². The fraction of sp³-hybridized carbons (Fsp3) is 0.500. The van der Waals surface area contributed by atoms with Crippen molar-refractivity contribution < 1.29 is 9.84 Å². The Labute approximate surface area is 54.7 Å². The highest BCUT2D eigenvalue weighted by molar-refractivity contribution is 5.24. The van der Waals surface area contributed by atoms with Crippen molar-refractivity contribution in [3.05, 3.63) is 12.8 Å². The van der Waals surface area contributed by atoms with Crippen molar-refractivity contribution in [2.45, 2.75) is 19.3 Å². The Hall–Kier alpha value is -0.830. The van der Waals surface area contributed by atoms with Gasteiger partial charge in [0.2, 0.25) is 6.29 Å². The summed E-state index contributed by atoms with van der Waals surface area (Å²) in [5.74, 6) is 0. The van der Waals surface area contributed by atoms with Gasteiger partial charge in [-0.25, -0.2) is 0 Å². The number of hydrogen-bond donors (Lipinski definition) is 1. The van der Waals surface area contributed by atoms with Crippen molar-refractivity contribution in [2.75, 3.05) is 0 Å². The van der Waals surface area contributed by atoms with E-state index in [1.165, 1.54) is 6.26 Å².